The van der Waals surface area contributed by atoms with Crippen LogP contribution in [0.1, 0.15) is 41.3 Å². The quantitative estimate of drug-likeness (QED) is 0.605. The molecule has 2 atom stereocenters. The first-order chi connectivity index (χ1) is 16.2. The molecule has 34 heavy (non-hydrogen) atoms. The molecule has 0 saturated heterocycles. The molecular weight excluding hydrogens is 457 g/mol. The van der Waals surface area contributed by atoms with Gasteiger partial charge >= 0.3 is 0 Å². The number of benzene rings is 2. The van der Waals surface area contributed by atoms with Crippen molar-refractivity contribution in [1.29, 1.82) is 5.26 Å². The molecule has 2 amide bonds. The van der Waals surface area contributed by atoms with Crippen LogP contribution in [0, 0.1) is 23.1 Å². The predicted octanol–water partition coefficient (Wildman–Crippen LogP) is 4.10. The molecule has 2 aromatic rings. The van der Waals surface area contributed by atoms with E-state index < -0.39 is 29.6 Å². The van der Waals surface area contributed by atoms with Crippen molar-refractivity contribution in [2.24, 2.45) is 16.6 Å². The molecule has 0 bridgehead atoms. The summed E-state index contributed by atoms with van der Waals surface area (Å²) >= 11 is 6.10. The molecule has 0 fully saturated rings. The second kappa shape index (κ2) is 10.5. The van der Waals surface area contributed by atoms with Gasteiger partial charge in [-0.15, -0.1) is 0 Å². The van der Waals surface area contributed by atoms with E-state index in [0.29, 0.717) is 23.4 Å². The van der Waals surface area contributed by atoms with Gasteiger partial charge in [-0.3, -0.25) is 14.6 Å². The molecule has 0 spiro atoms. The van der Waals surface area contributed by atoms with E-state index in [4.69, 9.17) is 17.3 Å². The Bertz CT molecular complexity index is 1220. The summed E-state index contributed by atoms with van der Waals surface area (Å²) in [6.07, 6.45) is 2.83. The number of carbonyl (C=O) groups excluding carboxylic acids is 2. The van der Waals surface area contributed by atoms with Gasteiger partial charge < -0.3 is 16.0 Å². The van der Waals surface area contributed by atoms with Crippen molar-refractivity contribution in [3.05, 3.63) is 75.7 Å². The number of aliphatic imine (C=N–C) groups is 1. The van der Waals surface area contributed by atoms with E-state index >= 15 is 0 Å². The van der Waals surface area contributed by atoms with E-state index in [-0.39, 0.29) is 22.1 Å². The summed E-state index contributed by atoms with van der Waals surface area (Å²) in [6, 6.07) is 9.53. The molecule has 1 aliphatic rings. The number of nitrogens with zero attached hydrogens (tertiary/aromatic N) is 3. The summed E-state index contributed by atoms with van der Waals surface area (Å²) in [6.45, 7) is 4.19. The number of fused-ring (bicyclic) bond motifs is 1. The van der Waals surface area contributed by atoms with Gasteiger partial charge in [-0.05, 0) is 41.8 Å². The van der Waals surface area contributed by atoms with Crippen molar-refractivity contribution < 1.29 is 14.0 Å². The zero-order valence-corrected chi connectivity index (χ0v) is 19.8. The maximum atomic E-state index is 14.1. The first-order valence-corrected chi connectivity index (χ1v) is 11.0. The number of anilines is 1. The molecule has 176 valence electrons. The van der Waals surface area contributed by atoms with Crippen LogP contribution in [0.3, 0.4) is 0 Å². The van der Waals surface area contributed by atoms with Crippen LogP contribution >= 0.6 is 11.6 Å². The zero-order valence-electron chi connectivity index (χ0n) is 19.0. The lowest BCUT2D eigenvalue weighted by Crippen LogP contribution is -2.53. The molecule has 0 unspecified atom stereocenters. The number of nitrogens with one attached hydrogen (secondary N) is 1. The highest BCUT2D eigenvalue weighted by Crippen LogP contribution is 2.38. The number of nitrogens with two attached hydrogens (primary N) is 1. The Hall–Kier alpha value is -3.70. The minimum absolute atomic E-state index is 0.0639. The molecule has 9 heteroatoms. The van der Waals surface area contributed by atoms with Gasteiger partial charge in [-0.1, -0.05) is 31.5 Å². The van der Waals surface area contributed by atoms with E-state index in [1.54, 1.807) is 7.05 Å². The third kappa shape index (κ3) is 5.10. The smallest absolute Gasteiger partial charge is 0.254 e. The standard InChI is InChI=1S/C25H25ClFN5O2/c1-14(2)13-32-23(16(11-29)12-30-3)22(20-5-4-18(27)9-21(20)25(32)34)24(33)31-19-7-15(10-28)6-17(26)8-19/h4-9,11-12,14,22-23H,13,29H2,1-3H3,(H,31,33)/t22-,23+/m0/s1. The maximum absolute atomic E-state index is 14.1. The van der Waals surface area contributed by atoms with Crippen LogP contribution in [0.15, 0.2) is 53.2 Å². The lowest BCUT2D eigenvalue weighted by molar-refractivity contribution is -0.118. The number of rotatable bonds is 6. The average molecular weight is 482 g/mol. The maximum Gasteiger partial charge on any atom is 0.254 e. The zero-order chi connectivity index (χ0) is 25.0. The highest BCUT2D eigenvalue weighted by Gasteiger charge is 2.45. The molecule has 1 heterocycles. The average Bonchev–Trinajstić information content (AvgIpc) is 2.78. The van der Waals surface area contributed by atoms with Crippen molar-refractivity contribution >= 4 is 35.3 Å². The molecule has 0 saturated carbocycles. The van der Waals surface area contributed by atoms with Crippen LogP contribution in [0.25, 0.3) is 0 Å². The fourth-order valence-corrected chi connectivity index (χ4v) is 4.41. The fourth-order valence-electron chi connectivity index (χ4n) is 4.18. The number of carbonyl (C=O) groups is 2. The van der Waals surface area contributed by atoms with Gasteiger partial charge in [0, 0.05) is 47.9 Å². The minimum atomic E-state index is -0.927. The summed E-state index contributed by atoms with van der Waals surface area (Å²) in [4.78, 5) is 32.8. The van der Waals surface area contributed by atoms with Gasteiger partial charge in [0.05, 0.1) is 23.6 Å². The summed E-state index contributed by atoms with van der Waals surface area (Å²) in [5.74, 6) is -2.30. The molecule has 0 aliphatic carbocycles. The Labute approximate surface area is 202 Å². The van der Waals surface area contributed by atoms with Crippen LogP contribution in [-0.2, 0) is 4.79 Å². The number of nitriles is 1. The predicted molar refractivity (Wildman–Crippen MR) is 130 cm³/mol. The Morgan fingerprint density at radius 2 is 2.09 bits per heavy atom. The van der Waals surface area contributed by atoms with Crippen molar-refractivity contribution in [2.75, 3.05) is 18.9 Å². The molecule has 2 aromatic carbocycles. The molecule has 3 rings (SSSR count). The van der Waals surface area contributed by atoms with Crippen molar-refractivity contribution in [3.63, 3.8) is 0 Å². The number of hydrogen-bond donors (Lipinski definition) is 2. The molecule has 7 nitrogen and oxygen atoms in total. The normalized spacial score (nSPS) is 18.2. The Balaban J connectivity index is 2.19. The van der Waals surface area contributed by atoms with Gasteiger partial charge in [0.25, 0.3) is 5.91 Å². The monoisotopic (exact) mass is 481 g/mol. The van der Waals surface area contributed by atoms with E-state index in [2.05, 4.69) is 10.3 Å². The molecule has 0 radical (unpaired) electrons. The number of amides is 2. The fraction of sp³-hybridized carbons (Fsp3) is 0.280. The number of hydrogen-bond acceptors (Lipinski definition) is 5. The van der Waals surface area contributed by atoms with Crippen LogP contribution in [0.2, 0.25) is 5.02 Å². The van der Waals surface area contributed by atoms with Crippen molar-refractivity contribution in [1.82, 2.24) is 4.90 Å². The van der Waals surface area contributed by atoms with Crippen LogP contribution in [0.5, 0.6) is 0 Å². The van der Waals surface area contributed by atoms with Crippen molar-refractivity contribution in [2.45, 2.75) is 25.8 Å². The largest absolute Gasteiger partial charge is 0.404 e. The van der Waals surface area contributed by atoms with E-state index in [9.17, 15) is 19.2 Å². The van der Waals surface area contributed by atoms with Gasteiger partial charge in [-0.25, -0.2) is 4.39 Å². The van der Waals surface area contributed by atoms with Crippen LogP contribution < -0.4 is 11.1 Å². The van der Waals surface area contributed by atoms with Gasteiger partial charge in [-0.2, -0.15) is 5.26 Å². The minimum Gasteiger partial charge on any atom is -0.404 e. The Morgan fingerprint density at radius 1 is 1.35 bits per heavy atom. The number of halogens is 2. The van der Waals surface area contributed by atoms with Gasteiger partial charge in [0.1, 0.15) is 5.82 Å². The highest BCUT2D eigenvalue weighted by molar-refractivity contribution is 6.31. The Morgan fingerprint density at radius 3 is 2.71 bits per heavy atom. The van der Waals surface area contributed by atoms with E-state index in [1.807, 2.05) is 19.9 Å². The molecule has 0 aromatic heterocycles. The molecule has 3 N–H and O–H groups in total. The first-order valence-electron chi connectivity index (χ1n) is 10.7. The summed E-state index contributed by atoms with van der Waals surface area (Å²) in [7, 11) is 1.56. The topological polar surface area (TPSA) is 112 Å². The third-order valence-corrected chi connectivity index (χ3v) is 5.66. The van der Waals surface area contributed by atoms with Crippen LogP contribution in [-0.4, -0.2) is 42.6 Å². The summed E-state index contributed by atoms with van der Waals surface area (Å²) < 4.78 is 14.1. The summed E-state index contributed by atoms with van der Waals surface area (Å²) in [5.41, 5.74) is 7.47. The third-order valence-electron chi connectivity index (χ3n) is 5.44. The van der Waals surface area contributed by atoms with E-state index in [0.717, 1.165) is 6.07 Å². The second-order valence-corrected chi connectivity index (χ2v) is 8.83. The SMILES string of the molecule is CN=CC(=CN)[C@@H]1[C@@H](C(=O)Nc2cc(Cl)cc(C#N)c2)c2ccc(F)cc2C(=O)N1CC(C)C. The van der Waals surface area contributed by atoms with E-state index in [1.165, 1.54) is 47.6 Å². The summed E-state index contributed by atoms with van der Waals surface area (Å²) in [5, 5.41) is 12.3. The van der Waals surface area contributed by atoms with Gasteiger partial charge in [0.15, 0.2) is 0 Å². The lowest BCUT2D eigenvalue weighted by Gasteiger charge is -2.42. The van der Waals surface area contributed by atoms with Gasteiger partial charge in [0.2, 0.25) is 5.91 Å². The highest BCUT2D eigenvalue weighted by atomic mass is 35.5. The van der Waals surface area contributed by atoms with Crippen LogP contribution in [0.4, 0.5) is 10.1 Å². The van der Waals surface area contributed by atoms with Crippen molar-refractivity contribution in [3.8, 4) is 6.07 Å². The molecule has 1 aliphatic heterocycles. The second-order valence-electron chi connectivity index (χ2n) is 8.39. The lowest BCUT2D eigenvalue weighted by atomic mass is 9.78. The molecular formula is C25H25ClFN5O2. The Kier molecular flexibility index (Phi) is 7.69. The first kappa shape index (κ1) is 24.9.